The van der Waals surface area contributed by atoms with Crippen molar-refractivity contribution in [2.24, 2.45) is 0 Å². The molecule has 0 spiro atoms. The van der Waals surface area contributed by atoms with E-state index >= 15 is 0 Å². The average molecular weight is 242 g/mol. The monoisotopic (exact) mass is 242 g/mol. The molecule has 0 aromatic heterocycles. The zero-order chi connectivity index (χ0) is 11.6. The zero-order valence-corrected chi connectivity index (χ0v) is 9.64. The number of carboxylic acid groups (broad SMARTS) is 2. The summed E-state index contributed by atoms with van der Waals surface area (Å²) >= 11 is 0. The summed E-state index contributed by atoms with van der Waals surface area (Å²) in [5.41, 5.74) is 0. The molecule has 0 radical (unpaired) electrons. The zero-order valence-electron chi connectivity index (χ0n) is 8.64. The summed E-state index contributed by atoms with van der Waals surface area (Å²) in [5, 5.41) is 15.8. The fraction of sp³-hybridized carbons (Fsp3) is 0.667. The number of hydrogen-bond acceptors (Lipinski definition) is 2. The van der Waals surface area contributed by atoms with Gasteiger partial charge < -0.3 is 11.6 Å². The molecule has 2 N–H and O–H groups in total. The molecule has 0 aliphatic carbocycles. The Kier molecular flexibility index (Phi) is 6.45. The Morgan fingerprint density at radius 1 is 0.933 bits per heavy atom. The van der Waals surface area contributed by atoms with Crippen molar-refractivity contribution in [3.05, 3.63) is 0 Å². The van der Waals surface area contributed by atoms with E-state index in [0.717, 1.165) is 0 Å². The van der Waals surface area contributed by atoms with Gasteiger partial charge in [0.25, 0.3) is 0 Å². The maximum Gasteiger partial charge on any atom is 1.00 e. The van der Waals surface area contributed by atoms with Gasteiger partial charge in [-0.2, -0.15) is 17.6 Å². The standard InChI is InChI=1S/C6H6F4O4.Na.H/c7-5(8,1-3(11)12)6(9,10)2-4(13)14;;/h1-2H2,(H,11,12)(H,13,14);;/q;+1;-1. The fourth-order valence-corrected chi connectivity index (χ4v) is 0.638. The normalized spacial score (nSPS) is 11.7. The van der Waals surface area contributed by atoms with E-state index in [1.54, 1.807) is 0 Å². The van der Waals surface area contributed by atoms with Crippen LogP contribution in [0, 0.1) is 0 Å². The minimum absolute atomic E-state index is 0. The third-order valence-corrected chi connectivity index (χ3v) is 1.28. The topological polar surface area (TPSA) is 74.6 Å². The van der Waals surface area contributed by atoms with E-state index in [4.69, 9.17) is 10.2 Å². The minimum atomic E-state index is -4.86. The fourth-order valence-electron chi connectivity index (χ4n) is 0.638. The molecule has 0 fully saturated rings. The molecule has 84 valence electrons. The summed E-state index contributed by atoms with van der Waals surface area (Å²) in [6, 6.07) is 0. The number of carbonyl (C=O) groups is 2. The largest absolute Gasteiger partial charge is 1.00 e. The summed E-state index contributed by atoms with van der Waals surface area (Å²) < 4.78 is 49.7. The molecule has 0 rings (SSSR count). The summed E-state index contributed by atoms with van der Waals surface area (Å²) in [6.07, 6.45) is -4.21. The van der Waals surface area contributed by atoms with Crippen molar-refractivity contribution in [3.63, 3.8) is 0 Å². The van der Waals surface area contributed by atoms with Gasteiger partial charge in [0.2, 0.25) is 0 Å². The van der Waals surface area contributed by atoms with Crippen LogP contribution in [-0.4, -0.2) is 34.0 Å². The summed E-state index contributed by atoms with van der Waals surface area (Å²) in [7, 11) is 0. The quantitative estimate of drug-likeness (QED) is 0.446. The predicted octanol–water partition coefficient (Wildman–Crippen LogP) is -1.68. The molecule has 0 aliphatic rings. The van der Waals surface area contributed by atoms with Gasteiger partial charge >= 0.3 is 53.3 Å². The predicted molar refractivity (Wildman–Crippen MR) is 35.5 cm³/mol. The molecule has 0 aromatic rings. The van der Waals surface area contributed by atoms with Gasteiger partial charge in [0.05, 0.1) is 0 Å². The van der Waals surface area contributed by atoms with Crippen molar-refractivity contribution in [2.75, 3.05) is 0 Å². The number of aliphatic carboxylic acids is 2. The van der Waals surface area contributed by atoms with Gasteiger partial charge in [-0.1, -0.05) is 0 Å². The van der Waals surface area contributed by atoms with Crippen LogP contribution in [0.25, 0.3) is 0 Å². The third kappa shape index (κ3) is 5.33. The molecule has 0 saturated carbocycles. The molecule has 0 aromatic carbocycles. The van der Waals surface area contributed by atoms with Crippen molar-refractivity contribution >= 4 is 11.9 Å². The first-order valence-corrected chi connectivity index (χ1v) is 3.28. The molecule has 0 heterocycles. The summed E-state index contributed by atoms with van der Waals surface area (Å²) in [6.45, 7) is 0. The number of halogens is 4. The molecular formula is C6H7F4NaO4. The smallest absolute Gasteiger partial charge is 1.00 e. The van der Waals surface area contributed by atoms with Crippen molar-refractivity contribution < 1.29 is 68.3 Å². The second kappa shape index (κ2) is 5.66. The van der Waals surface area contributed by atoms with Crippen molar-refractivity contribution in [3.8, 4) is 0 Å². The second-order valence-corrected chi connectivity index (χ2v) is 2.55. The minimum Gasteiger partial charge on any atom is -1.00 e. The molecule has 0 unspecified atom stereocenters. The van der Waals surface area contributed by atoms with Crippen LogP contribution in [-0.2, 0) is 9.59 Å². The Morgan fingerprint density at radius 2 is 1.13 bits per heavy atom. The van der Waals surface area contributed by atoms with E-state index in [-0.39, 0.29) is 31.0 Å². The van der Waals surface area contributed by atoms with Gasteiger partial charge in [0, 0.05) is 0 Å². The molecule has 0 amide bonds. The SMILES string of the molecule is O=C(O)CC(F)(F)C(F)(F)CC(=O)O.[H-].[Na+]. The molecule has 9 heteroatoms. The first-order chi connectivity index (χ1) is 6.08. The maximum atomic E-state index is 12.4. The van der Waals surface area contributed by atoms with Crippen molar-refractivity contribution in [1.29, 1.82) is 0 Å². The van der Waals surface area contributed by atoms with E-state index < -0.39 is 36.6 Å². The van der Waals surface area contributed by atoms with E-state index in [0.29, 0.717) is 0 Å². The summed E-state index contributed by atoms with van der Waals surface area (Å²) in [4.78, 5) is 19.6. The van der Waals surface area contributed by atoms with E-state index in [2.05, 4.69) is 0 Å². The summed E-state index contributed by atoms with van der Waals surface area (Å²) in [5.74, 6) is -14.0. The maximum absolute atomic E-state index is 12.4. The van der Waals surface area contributed by atoms with E-state index in [1.165, 1.54) is 0 Å². The Morgan fingerprint density at radius 3 is 1.27 bits per heavy atom. The van der Waals surface area contributed by atoms with Crippen LogP contribution in [0.2, 0.25) is 0 Å². The van der Waals surface area contributed by atoms with Crippen LogP contribution in [0.15, 0.2) is 0 Å². The number of hydrogen-bond donors (Lipinski definition) is 2. The Labute approximate surface area is 105 Å². The van der Waals surface area contributed by atoms with Gasteiger partial charge in [-0.3, -0.25) is 9.59 Å². The van der Waals surface area contributed by atoms with Crippen molar-refractivity contribution in [2.45, 2.75) is 24.7 Å². The first kappa shape index (κ1) is 17.1. The Bertz CT molecular complexity index is 235. The van der Waals surface area contributed by atoms with Crippen LogP contribution in [0.4, 0.5) is 17.6 Å². The Balaban J connectivity index is -0.000000845. The van der Waals surface area contributed by atoms with E-state index in [1.807, 2.05) is 0 Å². The second-order valence-electron chi connectivity index (χ2n) is 2.55. The van der Waals surface area contributed by atoms with Crippen LogP contribution in [0.3, 0.4) is 0 Å². The van der Waals surface area contributed by atoms with Gasteiger partial charge in [0.15, 0.2) is 0 Å². The molecule has 4 nitrogen and oxygen atoms in total. The van der Waals surface area contributed by atoms with Crippen LogP contribution in [0.1, 0.15) is 14.3 Å². The number of carboxylic acids is 2. The van der Waals surface area contributed by atoms with Crippen LogP contribution in [0.5, 0.6) is 0 Å². The average Bonchev–Trinajstić information content (AvgIpc) is 1.78. The van der Waals surface area contributed by atoms with Crippen LogP contribution >= 0.6 is 0 Å². The Hall–Kier alpha value is -0.340. The third-order valence-electron chi connectivity index (χ3n) is 1.28. The molecular weight excluding hydrogens is 235 g/mol. The first-order valence-electron chi connectivity index (χ1n) is 3.28. The van der Waals surface area contributed by atoms with Gasteiger partial charge in [0.1, 0.15) is 12.8 Å². The van der Waals surface area contributed by atoms with E-state index in [9.17, 15) is 27.2 Å². The van der Waals surface area contributed by atoms with Gasteiger partial charge in [-0.25, -0.2) is 0 Å². The molecule has 0 aliphatic heterocycles. The molecule has 0 saturated heterocycles. The molecule has 0 bridgehead atoms. The van der Waals surface area contributed by atoms with Crippen molar-refractivity contribution in [1.82, 2.24) is 0 Å². The molecule has 15 heavy (non-hydrogen) atoms. The number of rotatable bonds is 5. The van der Waals surface area contributed by atoms with Gasteiger partial charge in [-0.05, 0) is 0 Å². The van der Waals surface area contributed by atoms with Gasteiger partial charge in [-0.15, -0.1) is 0 Å². The molecule has 0 atom stereocenters. The number of alkyl halides is 4. The van der Waals surface area contributed by atoms with Crippen LogP contribution < -0.4 is 29.6 Å².